The average molecular weight is 467 g/mol. The van der Waals surface area contributed by atoms with Gasteiger partial charge in [-0.25, -0.2) is 8.42 Å². The van der Waals surface area contributed by atoms with Gasteiger partial charge in [-0.15, -0.1) is 11.3 Å². The van der Waals surface area contributed by atoms with Crippen molar-refractivity contribution in [3.63, 3.8) is 0 Å². The molecule has 4 heterocycles. The van der Waals surface area contributed by atoms with Gasteiger partial charge in [-0.05, 0) is 38.1 Å². The molecular weight excluding hydrogens is 440 g/mol. The maximum atomic E-state index is 13.0. The summed E-state index contributed by atoms with van der Waals surface area (Å²) in [7, 11) is -3.68. The SMILES string of the molecule is Cc1noc(C)c1S(=O)(=O)N1CCC(C(=O)N2CCN(C(=O)c3cccs3)CC2)CC1. The van der Waals surface area contributed by atoms with Crippen LogP contribution in [-0.2, 0) is 14.8 Å². The van der Waals surface area contributed by atoms with E-state index in [4.69, 9.17) is 4.52 Å². The highest BCUT2D eigenvalue weighted by Gasteiger charge is 2.37. The van der Waals surface area contributed by atoms with Crippen molar-refractivity contribution in [1.82, 2.24) is 19.3 Å². The Kier molecular flexibility index (Phi) is 6.18. The smallest absolute Gasteiger partial charge is 0.264 e. The molecular formula is C20H26N4O5S2. The summed E-state index contributed by atoms with van der Waals surface area (Å²) in [5, 5.41) is 5.63. The topological polar surface area (TPSA) is 104 Å². The Morgan fingerprint density at radius 3 is 2.26 bits per heavy atom. The standard InChI is InChI=1S/C20H26N4O5S2/c1-14-18(15(2)29-21-14)31(27,28)24-7-5-16(6-8-24)19(25)22-9-11-23(12-10-22)20(26)17-4-3-13-30-17/h3-4,13,16H,5-12H2,1-2H3. The molecule has 0 bridgehead atoms. The summed E-state index contributed by atoms with van der Waals surface area (Å²) in [4.78, 5) is 29.9. The number of hydrogen-bond donors (Lipinski definition) is 0. The van der Waals surface area contributed by atoms with Crippen molar-refractivity contribution in [3.8, 4) is 0 Å². The molecule has 0 saturated carbocycles. The number of hydrogen-bond acceptors (Lipinski definition) is 7. The van der Waals surface area contributed by atoms with E-state index in [0.29, 0.717) is 62.7 Å². The lowest BCUT2D eigenvalue weighted by atomic mass is 9.96. The van der Waals surface area contributed by atoms with E-state index in [0.717, 1.165) is 0 Å². The van der Waals surface area contributed by atoms with Crippen LogP contribution >= 0.6 is 11.3 Å². The average Bonchev–Trinajstić information content (AvgIpc) is 3.43. The molecule has 2 aromatic heterocycles. The molecule has 0 radical (unpaired) electrons. The van der Waals surface area contributed by atoms with E-state index in [-0.39, 0.29) is 28.4 Å². The Balaban J connectivity index is 1.31. The molecule has 0 aromatic carbocycles. The summed E-state index contributed by atoms with van der Waals surface area (Å²) < 4.78 is 32.4. The van der Waals surface area contributed by atoms with E-state index >= 15 is 0 Å². The van der Waals surface area contributed by atoms with Gasteiger partial charge in [0, 0.05) is 45.2 Å². The molecule has 2 aliphatic heterocycles. The number of carbonyl (C=O) groups excluding carboxylic acids is 2. The van der Waals surface area contributed by atoms with Crippen LogP contribution in [-0.4, -0.2) is 78.8 Å². The van der Waals surface area contributed by atoms with Gasteiger partial charge in [0.2, 0.25) is 15.9 Å². The zero-order chi connectivity index (χ0) is 22.2. The minimum atomic E-state index is -3.68. The molecule has 2 aliphatic rings. The third-order valence-electron chi connectivity index (χ3n) is 5.98. The quantitative estimate of drug-likeness (QED) is 0.680. The molecule has 0 spiro atoms. The van der Waals surface area contributed by atoms with Crippen LogP contribution in [0.5, 0.6) is 0 Å². The summed E-state index contributed by atoms with van der Waals surface area (Å²) in [6.07, 6.45) is 0.964. The van der Waals surface area contributed by atoms with Crippen LogP contribution in [0.1, 0.15) is 34.0 Å². The largest absolute Gasteiger partial charge is 0.360 e. The molecule has 11 heteroatoms. The molecule has 2 saturated heterocycles. The lowest BCUT2D eigenvalue weighted by Crippen LogP contribution is -2.53. The fourth-order valence-corrected chi connectivity index (χ4v) is 6.71. The van der Waals surface area contributed by atoms with Crippen molar-refractivity contribution in [1.29, 1.82) is 0 Å². The highest BCUT2D eigenvalue weighted by molar-refractivity contribution is 7.89. The lowest BCUT2D eigenvalue weighted by molar-refractivity contribution is -0.138. The molecule has 2 amide bonds. The number of nitrogens with zero attached hydrogens (tertiary/aromatic N) is 4. The van der Waals surface area contributed by atoms with Crippen LogP contribution in [0.15, 0.2) is 26.9 Å². The highest BCUT2D eigenvalue weighted by Crippen LogP contribution is 2.28. The van der Waals surface area contributed by atoms with E-state index in [1.807, 2.05) is 17.5 Å². The van der Waals surface area contributed by atoms with Crippen LogP contribution < -0.4 is 0 Å². The van der Waals surface area contributed by atoms with Gasteiger partial charge in [0.15, 0.2) is 5.76 Å². The number of piperazine rings is 1. The molecule has 0 atom stereocenters. The minimum absolute atomic E-state index is 0.0138. The molecule has 0 aliphatic carbocycles. The lowest BCUT2D eigenvalue weighted by Gasteiger charge is -2.38. The summed E-state index contributed by atoms with van der Waals surface area (Å²) in [5.41, 5.74) is 0.352. The van der Waals surface area contributed by atoms with Crippen molar-refractivity contribution in [2.45, 2.75) is 31.6 Å². The van der Waals surface area contributed by atoms with E-state index in [1.165, 1.54) is 15.6 Å². The van der Waals surface area contributed by atoms with E-state index in [2.05, 4.69) is 5.16 Å². The maximum Gasteiger partial charge on any atom is 0.264 e. The molecule has 168 valence electrons. The van der Waals surface area contributed by atoms with Crippen molar-refractivity contribution >= 4 is 33.2 Å². The fourth-order valence-electron chi connectivity index (χ4n) is 4.26. The van der Waals surface area contributed by atoms with Crippen molar-refractivity contribution < 1.29 is 22.5 Å². The Labute approximate surface area is 185 Å². The molecule has 0 N–H and O–H groups in total. The number of sulfonamides is 1. The third-order valence-corrected chi connectivity index (χ3v) is 8.98. The second kappa shape index (κ2) is 8.71. The Hall–Kier alpha value is -2.24. The second-order valence-corrected chi connectivity index (χ2v) is 10.7. The van der Waals surface area contributed by atoms with Crippen molar-refractivity contribution in [2.75, 3.05) is 39.3 Å². The zero-order valence-electron chi connectivity index (χ0n) is 17.6. The molecule has 2 fully saturated rings. The van der Waals surface area contributed by atoms with Gasteiger partial charge in [-0.2, -0.15) is 4.31 Å². The first-order valence-electron chi connectivity index (χ1n) is 10.3. The maximum absolute atomic E-state index is 13.0. The second-order valence-electron chi connectivity index (χ2n) is 7.93. The normalized spacial score (nSPS) is 19.0. The van der Waals surface area contributed by atoms with Gasteiger partial charge in [0.05, 0.1) is 4.88 Å². The van der Waals surface area contributed by atoms with Crippen LogP contribution in [0.4, 0.5) is 0 Å². The Morgan fingerprint density at radius 1 is 1.06 bits per heavy atom. The molecule has 31 heavy (non-hydrogen) atoms. The van der Waals surface area contributed by atoms with Gasteiger partial charge >= 0.3 is 0 Å². The number of aromatic nitrogens is 1. The van der Waals surface area contributed by atoms with Crippen LogP contribution in [0.25, 0.3) is 0 Å². The first-order chi connectivity index (χ1) is 14.8. The summed E-state index contributed by atoms with van der Waals surface area (Å²) in [6.45, 7) is 5.83. The Bertz CT molecular complexity index is 1030. The summed E-state index contributed by atoms with van der Waals surface area (Å²) in [6, 6.07) is 3.67. The van der Waals surface area contributed by atoms with E-state index in [9.17, 15) is 18.0 Å². The van der Waals surface area contributed by atoms with Gasteiger partial charge in [0.25, 0.3) is 5.91 Å². The first kappa shape index (κ1) is 22.0. The predicted molar refractivity (Wildman–Crippen MR) is 114 cm³/mol. The van der Waals surface area contributed by atoms with Crippen molar-refractivity contribution in [3.05, 3.63) is 33.8 Å². The van der Waals surface area contributed by atoms with Crippen molar-refractivity contribution in [2.24, 2.45) is 5.92 Å². The summed E-state index contributed by atoms with van der Waals surface area (Å²) >= 11 is 1.42. The first-order valence-corrected chi connectivity index (χ1v) is 12.7. The molecule has 0 unspecified atom stereocenters. The number of aryl methyl sites for hydroxylation is 2. The van der Waals surface area contributed by atoms with Gasteiger partial charge in [0.1, 0.15) is 10.6 Å². The van der Waals surface area contributed by atoms with E-state index in [1.54, 1.807) is 23.6 Å². The molecule has 4 rings (SSSR count). The van der Waals surface area contributed by atoms with Gasteiger partial charge in [-0.3, -0.25) is 9.59 Å². The van der Waals surface area contributed by atoms with Gasteiger partial charge in [-0.1, -0.05) is 11.2 Å². The zero-order valence-corrected chi connectivity index (χ0v) is 19.2. The van der Waals surface area contributed by atoms with Crippen LogP contribution in [0.2, 0.25) is 0 Å². The van der Waals surface area contributed by atoms with Crippen LogP contribution in [0.3, 0.4) is 0 Å². The van der Waals surface area contributed by atoms with E-state index < -0.39 is 10.0 Å². The number of piperidine rings is 1. The predicted octanol–water partition coefficient (Wildman–Crippen LogP) is 1.74. The van der Waals surface area contributed by atoms with Gasteiger partial charge < -0.3 is 14.3 Å². The molecule has 9 nitrogen and oxygen atoms in total. The number of thiophene rings is 1. The number of amides is 2. The Morgan fingerprint density at radius 2 is 1.71 bits per heavy atom. The monoisotopic (exact) mass is 466 g/mol. The number of rotatable bonds is 4. The van der Waals surface area contributed by atoms with Crippen LogP contribution in [0, 0.1) is 19.8 Å². The molecule has 2 aromatic rings. The highest BCUT2D eigenvalue weighted by atomic mass is 32.2. The third kappa shape index (κ3) is 4.26. The number of carbonyl (C=O) groups is 2. The summed E-state index contributed by atoms with van der Waals surface area (Å²) in [5.74, 6) is 0.152. The minimum Gasteiger partial charge on any atom is -0.360 e. The fraction of sp³-hybridized carbons (Fsp3) is 0.550.